The first kappa shape index (κ1) is 32.9. The lowest BCUT2D eigenvalue weighted by Gasteiger charge is -2.35. The number of ether oxygens (including phenoxy) is 3. The molecule has 2 aliphatic heterocycles. The maximum absolute atomic E-state index is 12.4. The summed E-state index contributed by atoms with van der Waals surface area (Å²) in [6, 6.07) is 15.1. The number of unbranched alkanes of at least 4 members (excludes halogenated alkanes) is 1. The van der Waals surface area contributed by atoms with Crippen LogP contribution in [-0.2, 0) is 27.2 Å². The van der Waals surface area contributed by atoms with Crippen LogP contribution in [0.1, 0.15) is 56.6 Å². The van der Waals surface area contributed by atoms with Crippen LogP contribution in [-0.4, -0.2) is 94.0 Å². The molecule has 0 aromatic heterocycles. The molecule has 0 radical (unpaired) electrons. The largest absolute Gasteiger partial charge is 0.493 e. The van der Waals surface area contributed by atoms with Crippen molar-refractivity contribution in [1.82, 2.24) is 15.1 Å². The van der Waals surface area contributed by atoms with Gasteiger partial charge in [0, 0.05) is 84.5 Å². The standard InChI is InChI=1S/C34H51N5O4/c1-3-4-16-36-34(35)37-33(40)15-11-27-10-14-31(32(24-27)43-23-6-21-41-2)29-12-8-28(9-13-29)25-38-17-19-39(20-18-38)26-30-7-5-22-42-30/h8-10,12-14,24,30H,3-7,11,15-23,25-26H2,1-2H3,(H3,35,36,37,40). The molecule has 1 atom stereocenters. The third-order valence-electron chi connectivity index (χ3n) is 8.12. The number of benzene rings is 2. The van der Waals surface area contributed by atoms with E-state index in [4.69, 9.17) is 19.9 Å². The molecular weight excluding hydrogens is 542 g/mol. The predicted octanol–water partition coefficient (Wildman–Crippen LogP) is 4.23. The third kappa shape index (κ3) is 11.2. The fourth-order valence-corrected chi connectivity index (χ4v) is 5.58. The number of aliphatic imine (C=N–C) groups is 1. The SMILES string of the molecule is CCCCN=C(N)NC(=O)CCc1ccc(-c2ccc(CN3CCN(CC4CCCO4)CC3)cc2)c(OCCCOC)c1. The fraction of sp³-hybridized carbons (Fsp3) is 0.588. The van der Waals surface area contributed by atoms with Crippen LogP contribution < -0.4 is 15.8 Å². The van der Waals surface area contributed by atoms with Gasteiger partial charge in [0.2, 0.25) is 5.91 Å². The number of carbonyl (C=O) groups is 1. The van der Waals surface area contributed by atoms with Gasteiger partial charge in [-0.1, -0.05) is 49.7 Å². The first-order valence-electron chi connectivity index (χ1n) is 16.0. The molecule has 2 heterocycles. The summed E-state index contributed by atoms with van der Waals surface area (Å²) in [5.74, 6) is 0.880. The fourth-order valence-electron chi connectivity index (χ4n) is 5.58. The van der Waals surface area contributed by atoms with Crippen LogP contribution >= 0.6 is 0 Å². The van der Waals surface area contributed by atoms with Crippen molar-refractivity contribution in [3.63, 3.8) is 0 Å². The zero-order chi connectivity index (χ0) is 30.3. The van der Waals surface area contributed by atoms with Gasteiger partial charge in [-0.05, 0) is 48.4 Å². The molecule has 9 nitrogen and oxygen atoms in total. The zero-order valence-corrected chi connectivity index (χ0v) is 26.2. The van der Waals surface area contributed by atoms with Crippen molar-refractivity contribution >= 4 is 11.9 Å². The van der Waals surface area contributed by atoms with E-state index in [1.54, 1.807) is 7.11 Å². The second kappa shape index (κ2) is 18.0. The van der Waals surface area contributed by atoms with Gasteiger partial charge in [0.15, 0.2) is 5.96 Å². The Morgan fingerprint density at radius 1 is 1.05 bits per heavy atom. The smallest absolute Gasteiger partial charge is 0.226 e. The number of hydrogen-bond donors (Lipinski definition) is 2. The number of nitrogens with one attached hydrogen (secondary N) is 1. The average Bonchev–Trinajstić information content (AvgIpc) is 3.53. The van der Waals surface area contributed by atoms with Gasteiger partial charge in [-0.15, -0.1) is 0 Å². The molecule has 0 spiro atoms. The number of guanidine groups is 1. The van der Waals surface area contributed by atoms with Crippen LogP contribution in [0.5, 0.6) is 5.75 Å². The minimum Gasteiger partial charge on any atom is -0.493 e. The number of nitrogens with two attached hydrogens (primary N) is 1. The van der Waals surface area contributed by atoms with E-state index in [0.29, 0.717) is 38.7 Å². The van der Waals surface area contributed by atoms with Gasteiger partial charge in [-0.3, -0.25) is 24.9 Å². The van der Waals surface area contributed by atoms with Crippen LogP contribution in [0.3, 0.4) is 0 Å². The number of piperazine rings is 1. The van der Waals surface area contributed by atoms with Crippen molar-refractivity contribution in [2.24, 2.45) is 10.7 Å². The highest BCUT2D eigenvalue weighted by Crippen LogP contribution is 2.32. The number of methoxy groups -OCH3 is 1. The molecule has 2 fully saturated rings. The highest BCUT2D eigenvalue weighted by Gasteiger charge is 2.23. The highest BCUT2D eigenvalue weighted by molar-refractivity contribution is 5.96. The molecule has 2 aliphatic rings. The Kier molecular flexibility index (Phi) is 13.8. The van der Waals surface area contributed by atoms with E-state index in [-0.39, 0.29) is 11.9 Å². The monoisotopic (exact) mass is 593 g/mol. The molecular formula is C34H51N5O4. The lowest BCUT2D eigenvalue weighted by molar-refractivity contribution is -0.119. The van der Waals surface area contributed by atoms with E-state index in [2.05, 4.69) is 69.5 Å². The van der Waals surface area contributed by atoms with Crippen molar-refractivity contribution in [3.8, 4) is 16.9 Å². The molecule has 4 rings (SSSR count). The van der Waals surface area contributed by atoms with E-state index in [1.165, 1.54) is 18.4 Å². The third-order valence-corrected chi connectivity index (χ3v) is 8.12. The Bertz CT molecular complexity index is 1140. The van der Waals surface area contributed by atoms with E-state index in [9.17, 15) is 4.79 Å². The molecule has 0 bridgehead atoms. The highest BCUT2D eigenvalue weighted by atomic mass is 16.5. The van der Waals surface area contributed by atoms with Crippen LogP contribution in [0.25, 0.3) is 11.1 Å². The van der Waals surface area contributed by atoms with E-state index in [0.717, 1.165) is 87.6 Å². The topological polar surface area (TPSA) is 102 Å². The van der Waals surface area contributed by atoms with Crippen LogP contribution in [0.2, 0.25) is 0 Å². The van der Waals surface area contributed by atoms with Crippen molar-refractivity contribution in [3.05, 3.63) is 53.6 Å². The number of carbonyl (C=O) groups excluding carboxylic acids is 1. The van der Waals surface area contributed by atoms with E-state index >= 15 is 0 Å². The van der Waals surface area contributed by atoms with Crippen molar-refractivity contribution in [2.45, 2.75) is 64.5 Å². The Balaban J connectivity index is 1.33. The lowest BCUT2D eigenvalue weighted by atomic mass is 9.99. The maximum Gasteiger partial charge on any atom is 0.226 e. The summed E-state index contributed by atoms with van der Waals surface area (Å²) >= 11 is 0. The minimum atomic E-state index is -0.135. The number of hydrogen-bond acceptors (Lipinski definition) is 7. The van der Waals surface area contributed by atoms with Crippen LogP contribution in [0.15, 0.2) is 47.5 Å². The summed E-state index contributed by atoms with van der Waals surface area (Å²) in [6.07, 6.45) is 6.54. The van der Waals surface area contributed by atoms with Crippen molar-refractivity contribution in [1.29, 1.82) is 0 Å². The van der Waals surface area contributed by atoms with Gasteiger partial charge < -0.3 is 19.9 Å². The molecule has 2 aromatic carbocycles. The molecule has 0 saturated carbocycles. The summed E-state index contributed by atoms with van der Waals surface area (Å²) in [7, 11) is 1.70. The molecule has 236 valence electrons. The quantitative estimate of drug-likeness (QED) is 0.171. The normalized spacial score (nSPS) is 18.2. The summed E-state index contributed by atoms with van der Waals surface area (Å²) in [5, 5.41) is 2.69. The summed E-state index contributed by atoms with van der Waals surface area (Å²) in [5.41, 5.74) is 10.4. The van der Waals surface area contributed by atoms with Gasteiger partial charge in [-0.25, -0.2) is 0 Å². The van der Waals surface area contributed by atoms with Crippen LogP contribution in [0.4, 0.5) is 0 Å². The summed E-state index contributed by atoms with van der Waals surface area (Å²) in [4.78, 5) is 21.7. The van der Waals surface area contributed by atoms with Gasteiger partial charge in [-0.2, -0.15) is 0 Å². The first-order chi connectivity index (χ1) is 21.0. The second-order valence-corrected chi connectivity index (χ2v) is 11.6. The summed E-state index contributed by atoms with van der Waals surface area (Å²) < 4.78 is 17.3. The molecule has 43 heavy (non-hydrogen) atoms. The Labute approximate surface area is 257 Å². The average molecular weight is 594 g/mol. The second-order valence-electron chi connectivity index (χ2n) is 11.6. The Morgan fingerprint density at radius 2 is 1.81 bits per heavy atom. The molecule has 9 heteroatoms. The number of amides is 1. The van der Waals surface area contributed by atoms with Gasteiger partial charge in [0.1, 0.15) is 5.75 Å². The minimum absolute atomic E-state index is 0.135. The van der Waals surface area contributed by atoms with Gasteiger partial charge in [0.25, 0.3) is 0 Å². The summed E-state index contributed by atoms with van der Waals surface area (Å²) in [6.45, 7) is 11.3. The molecule has 2 saturated heterocycles. The van der Waals surface area contributed by atoms with E-state index in [1.807, 2.05) is 0 Å². The molecule has 2 aromatic rings. The number of aryl methyl sites for hydroxylation is 1. The van der Waals surface area contributed by atoms with Gasteiger partial charge >= 0.3 is 0 Å². The number of rotatable bonds is 16. The first-order valence-corrected chi connectivity index (χ1v) is 16.0. The van der Waals surface area contributed by atoms with Crippen molar-refractivity contribution < 1.29 is 19.0 Å². The zero-order valence-electron chi connectivity index (χ0n) is 26.2. The molecule has 1 amide bonds. The van der Waals surface area contributed by atoms with Gasteiger partial charge in [0.05, 0.1) is 12.7 Å². The molecule has 3 N–H and O–H groups in total. The number of nitrogens with zero attached hydrogens (tertiary/aromatic N) is 3. The molecule has 1 unspecified atom stereocenters. The maximum atomic E-state index is 12.4. The predicted molar refractivity (Wildman–Crippen MR) is 172 cm³/mol. The van der Waals surface area contributed by atoms with E-state index < -0.39 is 0 Å². The van der Waals surface area contributed by atoms with Crippen LogP contribution in [0, 0.1) is 0 Å². The Morgan fingerprint density at radius 3 is 2.53 bits per heavy atom. The Hall–Kier alpha value is -2.98. The molecule has 0 aliphatic carbocycles. The van der Waals surface area contributed by atoms with Crippen molar-refractivity contribution in [2.75, 3.05) is 66.2 Å². The lowest BCUT2D eigenvalue weighted by Crippen LogP contribution is -2.48.